The van der Waals surface area contributed by atoms with Gasteiger partial charge in [0, 0.05) is 36.5 Å². The molecule has 0 aliphatic heterocycles. The first-order valence-electron chi connectivity index (χ1n) is 8.63. The summed E-state index contributed by atoms with van der Waals surface area (Å²) in [5.41, 5.74) is 4.60. The maximum atomic E-state index is 12.1. The van der Waals surface area contributed by atoms with Crippen molar-refractivity contribution in [2.24, 2.45) is 5.10 Å². The van der Waals surface area contributed by atoms with E-state index in [9.17, 15) is 9.90 Å². The highest BCUT2D eigenvalue weighted by Crippen LogP contribution is 2.23. The number of aromatic nitrogens is 2. The van der Waals surface area contributed by atoms with Crippen LogP contribution in [0.3, 0.4) is 0 Å². The second kappa shape index (κ2) is 8.22. The molecule has 0 unspecified atom stereocenters. The molecule has 0 aliphatic rings. The van der Waals surface area contributed by atoms with Crippen LogP contribution in [0.25, 0.3) is 11.5 Å². The van der Waals surface area contributed by atoms with Crippen molar-refractivity contribution in [3.63, 3.8) is 0 Å². The number of furan rings is 1. The minimum Gasteiger partial charge on any atom is -0.507 e. The Morgan fingerprint density at radius 1 is 1.33 bits per heavy atom. The number of aromatic hydroxyl groups is 1. The van der Waals surface area contributed by atoms with Crippen LogP contribution in [0.1, 0.15) is 29.9 Å². The summed E-state index contributed by atoms with van der Waals surface area (Å²) in [4.78, 5) is 14.2. The number of phenolic OH excluding ortho intramolecular Hbond substituents is 1. The second-order valence-electron chi connectivity index (χ2n) is 5.76. The van der Waals surface area contributed by atoms with Crippen molar-refractivity contribution in [2.45, 2.75) is 13.8 Å². The van der Waals surface area contributed by atoms with Crippen LogP contribution < -0.4 is 10.3 Å². The van der Waals surface area contributed by atoms with Crippen molar-refractivity contribution in [1.82, 2.24) is 15.6 Å². The number of benzene rings is 1. The molecule has 0 atom stereocenters. The highest BCUT2D eigenvalue weighted by molar-refractivity contribution is 5.94. The molecule has 0 aliphatic carbocycles. The molecule has 1 amide bonds. The number of hydrogen-bond donors (Lipinski definition) is 3. The fourth-order valence-corrected chi connectivity index (χ4v) is 2.64. The normalized spacial score (nSPS) is 11.0. The largest absolute Gasteiger partial charge is 0.507 e. The Morgan fingerprint density at radius 3 is 2.81 bits per heavy atom. The molecule has 3 aromatic rings. The Kier molecular flexibility index (Phi) is 5.55. The van der Waals surface area contributed by atoms with E-state index in [0.29, 0.717) is 17.0 Å². The monoisotopic (exact) mass is 367 g/mol. The Bertz CT molecular complexity index is 927. The average Bonchev–Trinajstić information content (AvgIpc) is 3.36. The van der Waals surface area contributed by atoms with E-state index >= 15 is 0 Å². The summed E-state index contributed by atoms with van der Waals surface area (Å²) >= 11 is 0. The molecule has 0 radical (unpaired) electrons. The van der Waals surface area contributed by atoms with E-state index in [1.165, 1.54) is 12.5 Å². The summed E-state index contributed by atoms with van der Waals surface area (Å²) in [6.07, 6.45) is 2.93. The molecule has 140 valence electrons. The van der Waals surface area contributed by atoms with E-state index in [-0.39, 0.29) is 11.4 Å². The fraction of sp³-hybridized carbons (Fsp3) is 0.211. The minimum atomic E-state index is -0.473. The Labute approximate surface area is 156 Å². The Balaban J connectivity index is 1.64. The topological polar surface area (TPSA) is 107 Å². The van der Waals surface area contributed by atoms with Crippen molar-refractivity contribution in [1.29, 1.82) is 0 Å². The number of rotatable bonds is 7. The molecule has 0 saturated carbocycles. The van der Waals surface area contributed by atoms with Crippen molar-refractivity contribution in [3.05, 3.63) is 53.9 Å². The van der Waals surface area contributed by atoms with Crippen molar-refractivity contribution < 1.29 is 14.3 Å². The molecule has 2 heterocycles. The first-order chi connectivity index (χ1) is 13.1. The standard InChI is InChI=1S/C19H21N5O3/c1-3-24(4-2)14-8-7-13(17(25)10-14)12-20-23-19(26)16-11-15(21-22-16)18-6-5-9-27-18/h5-12,25H,3-4H2,1-2H3,(H,21,22)(H,23,26)/b20-12+. The average molecular weight is 367 g/mol. The van der Waals surface area contributed by atoms with Crippen molar-refractivity contribution in [2.75, 3.05) is 18.0 Å². The van der Waals surface area contributed by atoms with E-state index in [2.05, 4.69) is 39.5 Å². The lowest BCUT2D eigenvalue weighted by molar-refractivity contribution is 0.0950. The van der Waals surface area contributed by atoms with Crippen LogP contribution in [0, 0.1) is 0 Å². The third-order valence-electron chi connectivity index (χ3n) is 4.11. The molecule has 1 aromatic carbocycles. The number of carbonyl (C=O) groups excluding carboxylic acids is 1. The molecule has 0 spiro atoms. The van der Waals surface area contributed by atoms with Gasteiger partial charge < -0.3 is 14.4 Å². The lowest BCUT2D eigenvalue weighted by atomic mass is 10.2. The van der Waals surface area contributed by atoms with Crippen LogP contribution in [0.2, 0.25) is 0 Å². The number of nitrogens with one attached hydrogen (secondary N) is 2. The van der Waals surface area contributed by atoms with Crippen molar-refractivity contribution >= 4 is 17.8 Å². The van der Waals surface area contributed by atoms with E-state index in [0.717, 1.165) is 18.8 Å². The smallest absolute Gasteiger partial charge is 0.291 e. The Morgan fingerprint density at radius 2 is 2.15 bits per heavy atom. The molecule has 3 rings (SSSR count). The number of phenols is 1. The van der Waals surface area contributed by atoms with E-state index in [4.69, 9.17) is 4.42 Å². The number of hydrogen-bond acceptors (Lipinski definition) is 6. The summed E-state index contributed by atoms with van der Waals surface area (Å²) < 4.78 is 5.24. The predicted molar refractivity (Wildman–Crippen MR) is 103 cm³/mol. The maximum Gasteiger partial charge on any atom is 0.291 e. The molecule has 27 heavy (non-hydrogen) atoms. The number of carbonyl (C=O) groups is 1. The summed E-state index contributed by atoms with van der Waals surface area (Å²) in [5, 5.41) is 20.7. The van der Waals surface area contributed by atoms with Gasteiger partial charge in [-0.3, -0.25) is 9.89 Å². The van der Waals surface area contributed by atoms with Crippen LogP contribution in [0.5, 0.6) is 5.75 Å². The third-order valence-corrected chi connectivity index (χ3v) is 4.11. The molecule has 8 heteroatoms. The summed E-state index contributed by atoms with van der Waals surface area (Å²) in [6, 6.07) is 10.4. The number of aromatic amines is 1. The van der Waals surface area contributed by atoms with E-state index in [1.54, 1.807) is 30.3 Å². The van der Waals surface area contributed by atoms with Gasteiger partial charge in [-0.05, 0) is 38.1 Å². The molecular weight excluding hydrogens is 346 g/mol. The van der Waals surface area contributed by atoms with Gasteiger partial charge in [0.25, 0.3) is 5.91 Å². The van der Waals surface area contributed by atoms with Gasteiger partial charge in [-0.15, -0.1) is 0 Å². The molecule has 2 aromatic heterocycles. The van der Waals surface area contributed by atoms with E-state index in [1.807, 2.05) is 6.07 Å². The van der Waals surface area contributed by atoms with Crippen LogP contribution in [0.4, 0.5) is 5.69 Å². The number of H-pyrrole nitrogens is 1. The highest BCUT2D eigenvalue weighted by atomic mass is 16.3. The number of anilines is 1. The molecule has 0 saturated heterocycles. The minimum absolute atomic E-state index is 0.0947. The lowest BCUT2D eigenvalue weighted by Gasteiger charge is -2.21. The van der Waals surface area contributed by atoms with Gasteiger partial charge in [-0.2, -0.15) is 10.2 Å². The van der Waals surface area contributed by atoms with Gasteiger partial charge in [0.05, 0.1) is 12.5 Å². The molecule has 8 nitrogen and oxygen atoms in total. The van der Waals surface area contributed by atoms with Crippen LogP contribution in [-0.2, 0) is 0 Å². The maximum absolute atomic E-state index is 12.1. The molecular formula is C19H21N5O3. The van der Waals surface area contributed by atoms with Crippen LogP contribution >= 0.6 is 0 Å². The van der Waals surface area contributed by atoms with Gasteiger partial charge in [0.15, 0.2) is 11.5 Å². The van der Waals surface area contributed by atoms with Gasteiger partial charge in [-0.25, -0.2) is 5.43 Å². The first-order valence-corrected chi connectivity index (χ1v) is 8.63. The Hall–Kier alpha value is -3.55. The summed E-state index contributed by atoms with van der Waals surface area (Å²) in [7, 11) is 0. The zero-order valence-electron chi connectivity index (χ0n) is 15.1. The zero-order chi connectivity index (χ0) is 19.2. The SMILES string of the molecule is CCN(CC)c1ccc(/C=N/NC(=O)c2cc(-c3ccco3)[nH]n2)c(O)c1. The van der Waals surface area contributed by atoms with Gasteiger partial charge in [-0.1, -0.05) is 0 Å². The van der Waals surface area contributed by atoms with Gasteiger partial charge in [0.1, 0.15) is 11.4 Å². The summed E-state index contributed by atoms with van der Waals surface area (Å²) in [5.74, 6) is 0.208. The van der Waals surface area contributed by atoms with Crippen LogP contribution in [-0.4, -0.2) is 40.5 Å². The highest BCUT2D eigenvalue weighted by Gasteiger charge is 2.12. The predicted octanol–water partition coefficient (Wildman–Crippen LogP) is 2.99. The lowest BCUT2D eigenvalue weighted by Crippen LogP contribution is -2.21. The van der Waals surface area contributed by atoms with Gasteiger partial charge in [0.2, 0.25) is 0 Å². The number of amides is 1. The molecule has 3 N–H and O–H groups in total. The first kappa shape index (κ1) is 18.2. The molecule has 0 bridgehead atoms. The fourth-order valence-electron chi connectivity index (χ4n) is 2.64. The number of nitrogens with zero attached hydrogens (tertiary/aromatic N) is 3. The third kappa shape index (κ3) is 4.17. The van der Waals surface area contributed by atoms with Crippen LogP contribution in [0.15, 0.2) is 52.2 Å². The second-order valence-corrected chi connectivity index (χ2v) is 5.76. The number of hydrazone groups is 1. The summed E-state index contributed by atoms with van der Waals surface area (Å²) in [6.45, 7) is 5.81. The van der Waals surface area contributed by atoms with E-state index < -0.39 is 5.91 Å². The quantitative estimate of drug-likeness (QED) is 0.440. The van der Waals surface area contributed by atoms with Gasteiger partial charge >= 0.3 is 0 Å². The zero-order valence-corrected chi connectivity index (χ0v) is 15.1. The van der Waals surface area contributed by atoms with Crippen molar-refractivity contribution in [3.8, 4) is 17.2 Å². The molecule has 0 fully saturated rings.